The van der Waals surface area contributed by atoms with Crippen molar-refractivity contribution in [3.8, 4) is 0 Å². The van der Waals surface area contributed by atoms with E-state index in [2.05, 4.69) is 5.73 Å². The fraction of sp³-hybridized carbons (Fsp3) is 0.667. The van der Waals surface area contributed by atoms with Gasteiger partial charge in [0.15, 0.2) is 0 Å². The van der Waals surface area contributed by atoms with Gasteiger partial charge in [-0.1, -0.05) is 0 Å². The topological polar surface area (TPSA) is 43.1 Å². The zero-order chi connectivity index (χ0) is 5.70. The Labute approximate surface area is 45.3 Å². The van der Waals surface area contributed by atoms with E-state index in [1.54, 1.807) is 0 Å². The first-order valence-corrected chi connectivity index (χ1v) is 2.85. The van der Waals surface area contributed by atoms with Crippen LogP contribution >= 0.6 is 11.8 Å². The predicted octanol–water partition coefficient (Wildman–Crippen LogP) is 0.132. The molecule has 0 aliphatic carbocycles. The second kappa shape index (κ2) is 3.92. The van der Waals surface area contributed by atoms with E-state index >= 15 is 0 Å². The summed E-state index contributed by atoms with van der Waals surface area (Å²) in [7, 11) is 0. The van der Waals surface area contributed by atoms with E-state index in [1.807, 2.05) is 0 Å². The highest BCUT2D eigenvalue weighted by Crippen LogP contribution is 1.96. The first kappa shape index (κ1) is 6.75. The summed E-state index contributed by atoms with van der Waals surface area (Å²) in [6.45, 7) is 0. The average Bonchev–Trinajstić information content (AvgIpc) is 1.61. The van der Waals surface area contributed by atoms with Gasteiger partial charge in [0.2, 0.25) is 5.91 Å². The zero-order valence-corrected chi connectivity index (χ0v) is 4.50. The Morgan fingerprint density at radius 1 is 1.86 bits per heavy atom. The number of rotatable bonds is 3. The molecule has 0 aliphatic rings. The molecule has 0 aliphatic heterocycles. The minimum absolute atomic E-state index is 0.0799. The summed E-state index contributed by atoms with van der Waals surface area (Å²) in [5.41, 5.74) is 4.65. The van der Waals surface area contributed by atoms with Crippen LogP contribution in [0.3, 0.4) is 0 Å². The number of hydrogen-bond donors (Lipinski definition) is 1. The number of hydrogen-bond acceptors (Lipinski definition) is 2. The van der Waals surface area contributed by atoms with Crippen molar-refractivity contribution in [1.82, 2.24) is 0 Å². The Morgan fingerprint density at radius 2 is 2.43 bits per heavy atom. The number of carbonyl (C=O) groups is 1. The lowest BCUT2D eigenvalue weighted by molar-refractivity contribution is -0.115. The first-order valence-electron chi connectivity index (χ1n) is 1.69. The van der Waals surface area contributed by atoms with Gasteiger partial charge in [-0.25, -0.2) is 4.39 Å². The molecule has 2 nitrogen and oxygen atoms in total. The lowest BCUT2D eigenvalue weighted by Crippen LogP contribution is -2.12. The molecule has 0 aromatic rings. The number of halogens is 1. The van der Waals surface area contributed by atoms with Gasteiger partial charge in [-0.15, -0.1) is 11.8 Å². The predicted molar refractivity (Wildman–Crippen MR) is 27.6 cm³/mol. The summed E-state index contributed by atoms with van der Waals surface area (Å²) in [5, 5.41) is 0. The van der Waals surface area contributed by atoms with Crippen molar-refractivity contribution >= 4 is 17.7 Å². The smallest absolute Gasteiger partial charge is 0.227 e. The maximum atomic E-state index is 11.1. The SMILES string of the molecule is NC(=O)CSC[18F]. The number of primary amides is 1. The summed E-state index contributed by atoms with van der Waals surface area (Å²) >= 11 is 0.875. The highest BCUT2D eigenvalue weighted by molar-refractivity contribution is 7.99. The van der Waals surface area contributed by atoms with Crippen LogP contribution in [-0.4, -0.2) is 17.7 Å². The molecule has 0 radical (unpaired) electrons. The molecule has 0 bridgehead atoms. The molecule has 2 N–H and O–H groups in total. The molecule has 0 aromatic carbocycles. The maximum absolute atomic E-state index is 11.1. The van der Waals surface area contributed by atoms with Gasteiger partial charge in [0.05, 0.1) is 5.75 Å². The van der Waals surface area contributed by atoms with Crippen LogP contribution in [0, 0.1) is 0 Å². The van der Waals surface area contributed by atoms with Gasteiger partial charge in [-0.2, -0.15) is 0 Å². The molecular formula is C3H6FNOS. The Hall–Kier alpha value is -0.250. The van der Waals surface area contributed by atoms with Gasteiger partial charge < -0.3 is 5.73 Å². The summed E-state index contributed by atoms with van der Waals surface area (Å²) in [5.74, 6) is -0.390. The third-order valence-corrected chi connectivity index (χ3v) is 0.964. The van der Waals surface area contributed by atoms with E-state index in [4.69, 9.17) is 0 Å². The van der Waals surface area contributed by atoms with Crippen LogP contribution in [0.15, 0.2) is 0 Å². The van der Waals surface area contributed by atoms with E-state index in [1.165, 1.54) is 0 Å². The van der Waals surface area contributed by atoms with Gasteiger partial charge in [0.25, 0.3) is 0 Å². The van der Waals surface area contributed by atoms with Crippen LogP contribution in [0.1, 0.15) is 0 Å². The molecule has 0 fully saturated rings. The molecule has 0 spiro atoms. The third kappa shape index (κ3) is 5.75. The fourth-order valence-corrected chi connectivity index (χ4v) is 0.418. The standard InChI is InChI=1S/C3H6FNOS/c4-2-7-1-3(5)6/h1-2H2,(H2,5,6)/i4-1. The van der Waals surface area contributed by atoms with Gasteiger partial charge in [-0.05, 0) is 0 Å². The fourth-order valence-electron chi connectivity index (χ4n) is 0.139. The van der Waals surface area contributed by atoms with Crippen molar-refractivity contribution in [2.75, 3.05) is 11.8 Å². The lowest BCUT2D eigenvalue weighted by Gasteiger charge is -1.85. The van der Waals surface area contributed by atoms with E-state index in [-0.39, 0.29) is 5.75 Å². The lowest BCUT2D eigenvalue weighted by atomic mass is 10.8. The van der Waals surface area contributed by atoms with E-state index in [9.17, 15) is 9.18 Å². The van der Waals surface area contributed by atoms with Gasteiger partial charge >= 0.3 is 0 Å². The van der Waals surface area contributed by atoms with E-state index in [0.717, 1.165) is 11.8 Å². The minimum atomic E-state index is -0.539. The molecule has 1 amide bonds. The molecule has 7 heavy (non-hydrogen) atoms. The number of nitrogens with two attached hydrogens (primary N) is 1. The van der Waals surface area contributed by atoms with Gasteiger partial charge in [-0.3, -0.25) is 4.79 Å². The van der Waals surface area contributed by atoms with Crippen molar-refractivity contribution in [3.05, 3.63) is 0 Å². The molecule has 0 unspecified atom stereocenters. The van der Waals surface area contributed by atoms with Gasteiger partial charge in [0, 0.05) is 0 Å². The van der Waals surface area contributed by atoms with Gasteiger partial charge in [0.1, 0.15) is 6.01 Å². The molecule has 0 heterocycles. The maximum Gasteiger partial charge on any atom is 0.227 e. The molecule has 4 heteroatoms. The molecule has 0 rings (SSSR count). The number of thioether (sulfide) groups is 1. The zero-order valence-electron chi connectivity index (χ0n) is 3.69. The molecule has 0 saturated carbocycles. The van der Waals surface area contributed by atoms with Crippen LogP contribution < -0.4 is 5.73 Å². The van der Waals surface area contributed by atoms with E-state index < -0.39 is 11.9 Å². The van der Waals surface area contributed by atoms with Crippen molar-refractivity contribution < 1.29 is 9.18 Å². The summed E-state index contributed by atoms with van der Waals surface area (Å²) in [4.78, 5) is 9.79. The largest absolute Gasteiger partial charge is 0.369 e. The Bertz CT molecular complexity index is 68.0. The van der Waals surface area contributed by atoms with Crippen molar-refractivity contribution in [3.63, 3.8) is 0 Å². The summed E-state index contributed by atoms with van der Waals surface area (Å²) in [6.07, 6.45) is 0. The molecule has 42 valence electrons. The minimum Gasteiger partial charge on any atom is -0.369 e. The van der Waals surface area contributed by atoms with Crippen molar-refractivity contribution in [2.45, 2.75) is 0 Å². The Morgan fingerprint density at radius 3 is 2.57 bits per heavy atom. The van der Waals surface area contributed by atoms with Crippen LogP contribution in [0.4, 0.5) is 4.39 Å². The number of alkyl halides is 1. The summed E-state index contributed by atoms with van der Waals surface area (Å²) in [6, 6.07) is -0.539. The molecule has 0 atom stereocenters. The first-order chi connectivity index (χ1) is 3.27. The second-order valence-electron chi connectivity index (χ2n) is 0.924. The molecule has 0 saturated heterocycles. The quantitative estimate of drug-likeness (QED) is 0.578. The number of carbonyl (C=O) groups excluding carboxylic acids is 1. The Kier molecular flexibility index (Phi) is 3.78. The van der Waals surface area contributed by atoms with Crippen LogP contribution in [0.5, 0.6) is 0 Å². The highest BCUT2D eigenvalue weighted by Gasteiger charge is 1.90. The third-order valence-electron chi connectivity index (χ3n) is 0.321. The monoisotopic (exact) mass is 122 g/mol. The molecule has 0 aromatic heterocycles. The van der Waals surface area contributed by atoms with E-state index in [0.29, 0.717) is 0 Å². The highest BCUT2D eigenvalue weighted by atomic mass is 32.2. The second-order valence-corrected chi connectivity index (χ2v) is 1.84. The van der Waals surface area contributed by atoms with Crippen molar-refractivity contribution in [1.29, 1.82) is 0 Å². The van der Waals surface area contributed by atoms with Crippen molar-refractivity contribution in [2.24, 2.45) is 5.73 Å². The average molecular weight is 122 g/mol. The van der Waals surface area contributed by atoms with Crippen LogP contribution in [0.2, 0.25) is 0 Å². The Balaban J connectivity index is 2.82. The normalized spacial score (nSPS) is 8.71. The van der Waals surface area contributed by atoms with Crippen LogP contribution in [0.25, 0.3) is 0 Å². The molecular weight excluding hydrogens is 116 g/mol. The van der Waals surface area contributed by atoms with Crippen LogP contribution in [-0.2, 0) is 4.79 Å². The number of amides is 1. The summed E-state index contributed by atoms with van der Waals surface area (Å²) < 4.78 is 11.1.